The minimum atomic E-state index is -0.874. The van der Waals surface area contributed by atoms with Gasteiger partial charge in [-0.1, -0.05) is 68.7 Å². The summed E-state index contributed by atoms with van der Waals surface area (Å²) in [5, 5.41) is 27.2. The summed E-state index contributed by atoms with van der Waals surface area (Å²) in [4.78, 5) is 38.5. The van der Waals surface area contributed by atoms with E-state index >= 15 is 0 Å². The molecule has 1 saturated carbocycles. The van der Waals surface area contributed by atoms with Gasteiger partial charge in [-0.25, -0.2) is 4.79 Å². The number of fused-ring (bicyclic) bond motifs is 2. The molecule has 0 aromatic heterocycles. The average molecular weight is 623 g/mol. The Morgan fingerprint density at radius 3 is 2.53 bits per heavy atom. The lowest BCUT2D eigenvalue weighted by molar-refractivity contribution is -0.156. The maximum atomic E-state index is 13.1. The molecule has 0 radical (unpaired) electrons. The van der Waals surface area contributed by atoms with E-state index in [1.807, 2.05) is 44.2 Å². The largest absolute Gasteiger partial charge is 0.508 e. The summed E-state index contributed by atoms with van der Waals surface area (Å²) >= 11 is 0. The first kappa shape index (κ1) is 35.8. The molecule has 5 atom stereocenters. The SMILES string of the molecule is CO[C@H]1/C=C/C=C/C=C/C[C@H](OC(=O)[C@@H](C)NC(=O)C2CCCCC2)[C@H](C)[C@@H](O)/C(C)=C/CCc2cc(O)cc(c2)NC(=O)C1. The minimum absolute atomic E-state index is 0.0465. The van der Waals surface area contributed by atoms with Gasteiger partial charge in [-0.3, -0.25) is 9.59 Å². The fourth-order valence-electron chi connectivity index (χ4n) is 5.70. The molecule has 4 N–H and O–H groups in total. The van der Waals surface area contributed by atoms with Crippen LogP contribution in [0.1, 0.15) is 77.7 Å². The highest BCUT2D eigenvalue weighted by atomic mass is 16.5. The van der Waals surface area contributed by atoms with Gasteiger partial charge in [0, 0.05) is 37.1 Å². The summed E-state index contributed by atoms with van der Waals surface area (Å²) in [6.07, 6.45) is 17.4. The summed E-state index contributed by atoms with van der Waals surface area (Å²) in [5.41, 5.74) is 2.06. The number of methoxy groups -OCH3 is 1. The van der Waals surface area contributed by atoms with E-state index in [-0.39, 0.29) is 29.9 Å². The Bertz CT molecular complexity index is 1260. The van der Waals surface area contributed by atoms with Crippen molar-refractivity contribution in [1.82, 2.24) is 5.32 Å². The van der Waals surface area contributed by atoms with Crippen LogP contribution in [0.5, 0.6) is 5.75 Å². The maximum Gasteiger partial charge on any atom is 0.328 e. The predicted octanol–water partition coefficient (Wildman–Crippen LogP) is 5.68. The Balaban J connectivity index is 1.78. The minimum Gasteiger partial charge on any atom is -0.508 e. The number of ether oxygens (including phenoxy) is 2. The molecule has 0 saturated heterocycles. The number of benzene rings is 1. The number of hydrogen-bond acceptors (Lipinski definition) is 7. The lowest BCUT2D eigenvalue weighted by Crippen LogP contribution is -2.45. The highest BCUT2D eigenvalue weighted by molar-refractivity contribution is 5.91. The Morgan fingerprint density at radius 1 is 1.07 bits per heavy atom. The molecule has 1 fully saturated rings. The van der Waals surface area contributed by atoms with Crippen molar-refractivity contribution in [3.63, 3.8) is 0 Å². The molecule has 1 heterocycles. The average Bonchev–Trinajstić information content (AvgIpc) is 3.01. The highest BCUT2D eigenvalue weighted by Crippen LogP contribution is 2.26. The highest BCUT2D eigenvalue weighted by Gasteiger charge is 2.31. The lowest BCUT2D eigenvalue weighted by Gasteiger charge is -2.29. The smallest absolute Gasteiger partial charge is 0.328 e. The van der Waals surface area contributed by atoms with Gasteiger partial charge in [-0.2, -0.15) is 0 Å². The van der Waals surface area contributed by atoms with E-state index in [0.29, 0.717) is 24.9 Å². The van der Waals surface area contributed by atoms with Gasteiger partial charge >= 0.3 is 5.97 Å². The number of aliphatic hydroxyl groups is 1. The number of nitrogens with one attached hydrogen (secondary N) is 2. The number of anilines is 1. The summed E-state index contributed by atoms with van der Waals surface area (Å²) in [6.45, 7) is 5.33. The number of carbonyl (C=O) groups is 3. The molecule has 1 aliphatic heterocycles. The third-order valence-electron chi connectivity index (χ3n) is 8.52. The number of aromatic hydroxyl groups is 1. The van der Waals surface area contributed by atoms with Gasteiger partial charge in [0.15, 0.2) is 0 Å². The number of aryl methyl sites for hydroxylation is 1. The van der Waals surface area contributed by atoms with Gasteiger partial charge in [-0.05, 0) is 62.8 Å². The van der Waals surface area contributed by atoms with Crippen molar-refractivity contribution in [1.29, 1.82) is 0 Å². The van der Waals surface area contributed by atoms with E-state index in [1.54, 1.807) is 31.2 Å². The number of carbonyl (C=O) groups excluding carboxylic acids is 3. The Kier molecular flexibility index (Phi) is 14.6. The Hall–Kier alpha value is -3.69. The van der Waals surface area contributed by atoms with E-state index in [4.69, 9.17) is 9.47 Å². The van der Waals surface area contributed by atoms with Crippen LogP contribution in [0.3, 0.4) is 0 Å². The van der Waals surface area contributed by atoms with Crippen LogP contribution in [0.15, 0.2) is 66.3 Å². The molecule has 1 aliphatic carbocycles. The normalized spacial score (nSPS) is 28.2. The molecule has 1 aromatic rings. The van der Waals surface area contributed by atoms with E-state index in [1.165, 1.54) is 13.2 Å². The van der Waals surface area contributed by atoms with Crippen molar-refractivity contribution >= 4 is 23.5 Å². The van der Waals surface area contributed by atoms with Crippen LogP contribution in [0, 0.1) is 11.8 Å². The number of hydrogen-bond donors (Lipinski definition) is 4. The maximum absolute atomic E-state index is 13.1. The van der Waals surface area contributed by atoms with Crippen molar-refractivity contribution in [3.8, 4) is 5.75 Å². The first-order chi connectivity index (χ1) is 21.6. The summed E-state index contributed by atoms with van der Waals surface area (Å²) in [6, 6.07) is 4.16. The van der Waals surface area contributed by atoms with Crippen molar-refractivity contribution < 1.29 is 34.1 Å². The first-order valence-corrected chi connectivity index (χ1v) is 16.1. The lowest BCUT2D eigenvalue weighted by atomic mass is 9.88. The molecular weight excluding hydrogens is 572 g/mol. The van der Waals surface area contributed by atoms with Gasteiger partial charge in [0.25, 0.3) is 0 Å². The summed E-state index contributed by atoms with van der Waals surface area (Å²) in [7, 11) is 1.54. The van der Waals surface area contributed by atoms with Gasteiger partial charge in [0.2, 0.25) is 11.8 Å². The second-order valence-corrected chi connectivity index (χ2v) is 12.2. The van der Waals surface area contributed by atoms with Crippen LogP contribution in [-0.4, -0.2) is 59.5 Å². The van der Waals surface area contributed by atoms with E-state index in [2.05, 4.69) is 10.6 Å². The van der Waals surface area contributed by atoms with E-state index in [9.17, 15) is 24.6 Å². The number of aliphatic hydroxyl groups excluding tert-OH is 1. The summed E-state index contributed by atoms with van der Waals surface area (Å²) in [5.74, 6) is -1.33. The number of amides is 2. The number of phenolic OH excluding ortho intramolecular Hbond substituents is 1. The molecule has 0 unspecified atom stereocenters. The molecule has 0 spiro atoms. The van der Waals surface area contributed by atoms with Crippen LogP contribution in [-0.2, 0) is 30.3 Å². The molecule has 1 aromatic carbocycles. The quantitative estimate of drug-likeness (QED) is 0.245. The van der Waals surface area contributed by atoms with Crippen LogP contribution in [0.25, 0.3) is 0 Å². The molecule has 9 nitrogen and oxygen atoms in total. The number of rotatable bonds is 5. The van der Waals surface area contributed by atoms with Gasteiger partial charge in [0.1, 0.15) is 17.9 Å². The molecular formula is C36H50N2O7. The van der Waals surface area contributed by atoms with Crippen molar-refractivity contribution in [2.24, 2.45) is 11.8 Å². The molecule has 45 heavy (non-hydrogen) atoms. The second kappa shape index (κ2) is 18.3. The van der Waals surface area contributed by atoms with Crippen molar-refractivity contribution in [2.45, 2.75) is 103 Å². The molecule has 3 rings (SSSR count). The predicted molar refractivity (Wildman–Crippen MR) is 175 cm³/mol. The molecule has 246 valence electrons. The Morgan fingerprint density at radius 2 is 1.80 bits per heavy atom. The van der Waals surface area contributed by atoms with Crippen molar-refractivity contribution in [2.75, 3.05) is 12.4 Å². The third kappa shape index (κ3) is 12.0. The zero-order chi connectivity index (χ0) is 32.8. The fourth-order valence-corrected chi connectivity index (χ4v) is 5.70. The standard InChI is InChI=1S/C36H50N2O7/c1-24-14-13-15-27-20-29(22-30(39)21-27)38-33(40)23-31(44-4)18-11-6-5-7-12-19-32(25(2)34(24)41)45-36(43)26(3)37-35(42)28-16-9-8-10-17-28/h5-7,11-12,14,18,20-22,25-26,28,31-32,34,39,41H,8-10,13,15-17,19,23H2,1-4H3,(H,37,42)(H,38,40)/b6-5+,12-7+,18-11+,24-14+/t25-,26+,31-,32-,34-/m0/s1. The zero-order valence-corrected chi connectivity index (χ0v) is 27.0. The molecule has 2 bridgehead atoms. The van der Waals surface area contributed by atoms with Crippen LogP contribution < -0.4 is 10.6 Å². The van der Waals surface area contributed by atoms with E-state index in [0.717, 1.165) is 43.2 Å². The monoisotopic (exact) mass is 622 g/mol. The first-order valence-electron chi connectivity index (χ1n) is 16.1. The van der Waals surface area contributed by atoms with Crippen LogP contribution >= 0.6 is 0 Å². The molecule has 2 aliphatic rings. The molecule has 9 heteroatoms. The topological polar surface area (TPSA) is 134 Å². The Labute approximate surface area is 267 Å². The number of esters is 1. The van der Waals surface area contributed by atoms with Crippen LogP contribution in [0.2, 0.25) is 0 Å². The van der Waals surface area contributed by atoms with Crippen LogP contribution in [0.4, 0.5) is 5.69 Å². The third-order valence-corrected chi connectivity index (χ3v) is 8.52. The van der Waals surface area contributed by atoms with E-state index < -0.39 is 36.2 Å². The van der Waals surface area contributed by atoms with Gasteiger partial charge < -0.3 is 30.3 Å². The zero-order valence-electron chi connectivity index (χ0n) is 27.0. The van der Waals surface area contributed by atoms with Gasteiger partial charge in [-0.15, -0.1) is 0 Å². The fraction of sp³-hybridized carbons (Fsp3) is 0.528. The summed E-state index contributed by atoms with van der Waals surface area (Å²) < 4.78 is 11.4. The number of allylic oxidation sites excluding steroid dienone is 5. The van der Waals surface area contributed by atoms with Crippen molar-refractivity contribution in [3.05, 3.63) is 71.9 Å². The van der Waals surface area contributed by atoms with Gasteiger partial charge in [0.05, 0.1) is 18.6 Å². The molecule has 2 amide bonds. The second-order valence-electron chi connectivity index (χ2n) is 12.2. The number of phenols is 1.